The third-order valence-corrected chi connectivity index (χ3v) is 5.96. The van der Waals surface area contributed by atoms with E-state index in [0.29, 0.717) is 25.3 Å². The zero-order valence-electron chi connectivity index (χ0n) is 14.2. The molecule has 2 aromatic rings. The zero-order chi connectivity index (χ0) is 17.7. The molecule has 0 saturated heterocycles. The van der Waals surface area contributed by atoms with Crippen LogP contribution < -0.4 is 5.32 Å². The maximum atomic E-state index is 12.4. The number of sulfonamides is 1. The molecule has 0 radical (unpaired) electrons. The SMILES string of the molecule is CCN(CC)S(=O)(=O)c1ccc(CNC(=O)c2cccn2C)cc1. The van der Waals surface area contributed by atoms with Crippen LogP contribution >= 0.6 is 0 Å². The third-order valence-electron chi connectivity index (χ3n) is 3.90. The lowest BCUT2D eigenvalue weighted by Crippen LogP contribution is -2.30. The lowest BCUT2D eigenvalue weighted by atomic mass is 10.2. The Morgan fingerprint density at radius 2 is 1.75 bits per heavy atom. The Kier molecular flexibility index (Phi) is 5.80. The number of hydrogen-bond donors (Lipinski definition) is 1. The van der Waals surface area contributed by atoms with E-state index in [0.717, 1.165) is 5.56 Å². The molecule has 24 heavy (non-hydrogen) atoms. The molecule has 1 N–H and O–H groups in total. The number of rotatable bonds is 7. The second-order valence-corrected chi connectivity index (χ2v) is 7.36. The van der Waals surface area contributed by atoms with E-state index in [4.69, 9.17) is 0 Å². The van der Waals surface area contributed by atoms with E-state index in [1.54, 1.807) is 34.9 Å². The van der Waals surface area contributed by atoms with Crippen molar-refractivity contribution in [2.75, 3.05) is 13.1 Å². The van der Waals surface area contributed by atoms with Gasteiger partial charge in [-0.25, -0.2) is 8.42 Å². The minimum atomic E-state index is -3.45. The van der Waals surface area contributed by atoms with Crippen molar-refractivity contribution in [3.05, 3.63) is 53.9 Å². The van der Waals surface area contributed by atoms with Crippen molar-refractivity contribution in [1.29, 1.82) is 0 Å². The van der Waals surface area contributed by atoms with Gasteiger partial charge in [0.05, 0.1) is 4.90 Å². The molecule has 0 saturated carbocycles. The molecule has 6 nitrogen and oxygen atoms in total. The van der Waals surface area contributed by atoms with Crippen LogP contribution in [0.25, 0.3) is 0 Å². The molecule has 0 fully saturated rings. The monoisotopic (exact) mass is 349 g/mol. The maximum absolute atomic E-state index is 12.4. The lowest BCUT2D eigenvalue weighted by Gasteiger charge is -2.18. The van der Waals surface area contributed by atoms with Crippen LogP contribution in [0.3, 0.4) is 0 Å². The summed E-state index contributed by atoms with van der Waals surface area (Å²) in [7, 11) is -1.64. The first kappa shape index (κ1) is 18.2. The minimum Gasteiger partial charge on any atom is -0.347 e. The van der Waals surface area contributed by atoms with Gasteiger partial charge >= 0.3 is 0 Å². The topological polar surface area (TPSA) is 71.4 Å². The number of nitrogens with zero attached hydrogens (tertiary/aromatic N) is 2. The van der Waals surface area contributed by atoms with Crippen molar-refractivity contribution < 1.29 is 13.2 Å². The number of benzene rings is 1. The molecule has 0 aliphatic rings. The molecule has 0 unspecified atom stereocenters. The Labute approximate surface area is 143 Å². The quantitative estimate of drug-likeness (QED) is 0.831. The summed E-state index contributed by atoms with van der Waals surface area (Å²) >= 11 is 0. The standard InChI is InChI=1S/C17H23N3O3S/c1-4-20(5-2)24(22,23)15-10-8-14(9-11-15)13-18-17(21)16-7-6-12-19(16)3/h6-12H,4-5,13H2,1-3H3,(H,18,21). The van der Waals surface area contributed by atoms with Gasteiger partial charge in [-0.1, -0.05) is 26.0 Å². The molecular formula is C17H23N3O3S. The summed E-state index contributed by atoms with van der Waals surface area (Å²) in [6.45, 7) is 4.85. The first-order valence-electron chi connectivity index (χ1n) is 7.88. The fourth-order valence-electron chi connectivity index (χ4n) is 2.46. The van der Waals surface area contributed by atoms with Crippen LogP contribution in [0.4, 0.5) is 0 Å². The highest BCUT2D eigenvalue weighted by Gasteiger charge is 2.21. The van der Waals surface area contributed by atoms with Gasteiger partial charge < -0.3 is 9.88 Å². The van der Waals surface area contributed by atoms with Gasteiger partial charge in [0.25, 0.3) is 5.91 Å². The molecule has 1 heterocycles. The molecule has 0 bridgehead atoms. The summed E-state index contributed by atoms with van der Waals surface area (Å²) in [5.41, 5.74) is 1.42. The predicted octanol–water partition coefficient (Wildman–Crippen LogP) is 1.99. The van der Waals surface area contributed by atoms with Gasteiger partial charge in [0, 0.05) is 32.9 Å². The molecule has 0 aliphatic carbocycles. The maximum Gasteiger partial charge on any atom is 0.268 e. The Morgan fingerprint density at radius 1 is 1.12 bits per heavy atom. The second kappa shape index (κ2) is 7.63. The van der Waals surface area contributed by atoms with Crippen molar-refractivity contribution in [3.63, 3.8) is 0 Å². The summed E-state index contributed by atoms with van der Waals surface area (Å²) in [6.07, 6.45) is 1.81. The molecule has 1 aromatic carbocycles. The Morgan fingerprint density at radius 3 is 2.25 bits per heavy atom. The van der Waals surface area contributed by atoms with Crippen LogP contribution in [0.15, 0.2) is 47.5 Å². The predicted molar refractivity (Wildman–Crippen MR) is 93.1 cm³/mol. The molecule has 0 spiro atoms. The first-order chi connectivity index (χ1) is 11.4. The third kappa shape index (κ3) is 3.85. The summed E-state index contributed by atoms with van der Waals surface area (Å²) in [6, 6.07) is 10.2. The summed E-state index contributed by atoms with van der Waals surface area (Å²) in [5.74, 6) is -0.165. The van der Waals surface area contributed by atoms with Gasteiger partial charge in [0.15, 0.2) is 0 Å². The van der Waals surface area contributed by atoms with E-state index in [1.165, 1.54) is 4.31 Å². The van der Waals surface area contributed by atoms with Crippen molar-refractivity contribution in [2.24, 2.45) is 7.05 Å². The molecule has 1 amide bonds. The van der Waals surface area contributed by atoms with Crippen molar-refractivity contribution in [2.45, 2.75) is 25.3 Å². The van der Waals surface area contributed by atoms with Gasteiger partial charge in [-0.15, -0.1) is 0 Å². The molecule has 130 valence electrons. The van der Waals surface area contributed by atoms with Crippen molar-refractivity contribution in [1.82, 2.24) is 14.2 Å². The number of hydrogen-bond acceptors (Lipinski definition) is 3. The van der Waals surface area contributed by atoms with Gasteiger partial charge in [-0.2, -0.15) is 4.31 Å². The fourth-order valence-corrected chi connectivity index (χ4v) is 3.92. The van der Waals surface area contributed by atoms with E-state index < -0.39 is 10.0 Å². The highest BCUT2D eigenvalue weighted by molar-refractivity contribution is 7.89. The van der Waals surface area contributed by atoms with Crippen molar-refractivity contribution >= 4 is 15.9 Å². The van der Waals surface area contributed by atoms with Crippen LogP contribution in [0, 0.1) is 0 Å². The number of nitrogens with one attached hydrogen (secondary N) is 1. The number of aromatic nitrogens is 1. The van der Waals surface area contributed by atoms with Crippen molar-refractivity contribution in [3.8, 4) is 0 Å². The number of aryl methyl sites for hydroxylation is 1. The number of amides is 1. The summed E-state index contributed by atoms with van der Waals surface area (Å²) in [5, 5.41) is 2.83. The fraction of sp³-hybridized carbons (Fsp3) is 0.353. The van der Waals surface area contributed by atoms with Gasteiger partial charge in [-0.05, 0) is 29.8 Å². The number of carbonyl (C=O) groups excluding carboxylic acids is 1. The van der Waals surface area contributed by atoms with Crippen LogP contribution in [0.5, 0.6) is 0 Å². The minimum absolute atomic E-state index is 0.165. The molecule has 7 heteroatoms. The van der Waals surface area contributed by atoms with Crippen LogP contribution in [0.1, 0.15) is 29.9 Å². The molecule has 0 aliphatic heterocycles. The normalized spacial score (nSPS) is 11.7. The van der Waals surface area contributed by atoms with Gasteiger partial charge in [0.1, 0.15) is 5.69 Å². The second-order valence-electron chi connectivity index (χ2n) is 5.42. The van der Waals surface area contributed by atoms with E-state index in [9.17, 15) is 13.2 Å². The smallest absolute Gasteiger partial charge is 0.268 e. The van der Waals surface area contributed by atoms with Crippen LogP contribution in [0.2, 0.25) is 0 Å². The highest BCUT2D eigenvalue weighted by atomic mass is 32.2. The van der Waals surface area contributed by atoms with Gasteiger partial charge in [0.2, 0.25) is 10.0 Å². The average Bonchev–Trinajstić information content (AvgIpc) is 3.00. The van der Waals surface area contributed by atoms with E-state index >= 15 is 0 Å². The summed E-state index contributed by atoms with van der Waals surface area (Å²) in [4.78, 5) is 12.3. The van der Waals surface area contributed by atoms with E-state index in [-0.39, 0.29) is 10.8 Å². The Hall–Kier alpha value is -2.12. The lowest BCUT2D eigenvalue weighted by molar-refractivity contribution is 0.0943. The van der Waals surface area contributed by atoms with Crippen LogP contribution in [-0.4, -0.2) is 36.3 Å². The Bertz CT molecular complexity index is 791. The van der Waals surface area contributed by atoms with Gasteiger partial charge in [-0.3, -0.25) is 4.79 Å². The highest BCUT2D eigenvalue weighted by Crippen LogP contribution is 2.16. The first-order valence-corrected chi connectivity index (χ1v) is 9.32. The Balaban J connectivity index is 2.05. The zero-order valence-corrected chi connectivity index (χ0v) is 15.0. The largest absolute Gasteiger partial charge is 0.347 e. The molecule has 0 atom stereocenters. The number of carbonyl (C=O) groups is 1. The summed E-state index contributed by atoms with van der Waals surface area (Å²) < 4.78 is 28.0. The van der Waals surface area contributed by atoms with E-state index in [1.807, 2.05) is 33.2 Å². The molecule has 2 rings (SSSR count). The molecule has 1 aromatic heterocycles. The van der Waals surface area contributed by atoms with Crippen LogP contribution in [-0.2, 0) is 23.6 Å². The molecular weight excluding hydrogens is 326 g/mol. The van der Waals surface area contributed by atoms with E-state index in [2.05, 4.69) is 5.32 Å². The average molecular weight is 349 g/mol.